The van der Waals surface area contributed by atoms with Crippen molar-refractivity contribution in [1.82, 2.24) is 5.06 Å². The molecule has 0 aromatic carbocycles. The Morgan fingerprint density at radius 2 is 1.48 bits per heavy atom. The van der Waals surface area contributed by atoms with Gasteiger partial charge in [-0.25, -0.2) is 4.79 Å². The highest BCUT2D eigenvalue weighted by Crippen LogP contribution is 2.25. The molecule has 1 saturated heterocycles. The Hall–Kier alpha value is -1.47. The van der Waals surface area contributed by atoms with Crippen molar-refractivity contribution in [3.63, 3.8) is 0 Å². The summed E-state index contributed by atoms with van der Waals surface area (Å²) in [5.74, 6) is -1.64. The van der Waals surface area contributed by atoms with E-state index in [1.165, 1.54) is 0 Å². The highest BCUT2D eigenvalue weighted by Gasteiger charge is 2.35. The molecule has 0 aromatic heterocycles. The maximum atomic E-state index is 12.0. The first-order valence-corrected chi connectivity index (χ1v) is 8.62. The molecule has 7 heteroatoms. The van der Waals surface area contributed by atoms with Crippen molar-refractivity contribution in [2.75, 3.05) is 6.61 Å². The van der Waals surface area contributed by atoms with E-state index in [1.807, 2.05) is 34.6 Å². The van der Waals surface area contributed by atoms with E-state index in [0.29, 0.717) is 18.1 Å². The van der Waals surface area contributed by atoms with Gasteiger partial charge in [-0.3, -0.25) is 9.59 Å². The number of ether oxygens (including phenoxy) is 2. The zero-order chi connectivity index (χ0) is 19.5. The van der Waals surface area contributed by atoms with Gasteiger partial charge in [-0.1, -0.05) is 0 Å². The molecular formula is C18H31NO6. The summed E-state index contributed by atoms with van der Waals surface area (Å²) < 4.78 is 11.8. The van der Waals surface area contributed by atoms with Gasteiger partial charge in [0.05, 0.1) is 29.8 Å². The largest absolute Gasteiger partial charge is 0.375 e. The van der Waals surface area contributed by atoms with Crippen LogP contribution in [0.2, 0.25) is 0 Å². The second-order valence-corrected chi connectivity index (χ2v) is 8.55. The second kappa shape index (κ2) is 7.83. The molecule has 1 aliphatic rings. The molecule has 0 N–H and O–H groups in total. The van der Waals surface area contributed by atoms with E-state index < -0.39 is 23.4 Å². The quantitative estimate of drug-likeness (QED) is 0.621. The molecule has 25 heavy (non-hydrogen) atoms. The van der Waals surface area contributed by atoms with Crippen LogP contribution in [0.25, 0.3) is 0 Å². The predicted octanol–water partition coefficient (Wildman–Crippen LogP) is 2.76. The molecule has 0 radical (unpaired) electrons. The van der Waals surface area contributed by atoms with Gasteiger partial charge in [0.25, 0.3) is 11.8 Å². The van der Waals surface area contributed by atoms with Crippen LogP contribution >= 0.6 is 0 Å². The van der Waals surface area contributed by atoms with Crippen molar-refractivity contribution >= 4 is 17.8 Å². The molecule has 1 heterocycles. The van der Waals surface area contributed by atoms with Crippen LogP contribution in [0.4, 0.5) is 0 Å². The van der Waals surface area contributed by atoms with E-state index in [2.05, 4.69) is 0 Å². The number of hydrogen-bond donors (Lipinski definition) is 0. The Labute approximate surface area is 149 Å². The van der Waals surface area contributed by atoms with Crippen molar-refractivity contribution in [2.45, 2.75) is 91.0 Å². The van der Waals surface area contributed by atoms with Crippen LogP contribution < -0.4 is 0 Å². The SMILES string of the molecule is CC(C)(C)OC(C)(C)CCOC(C)(C)CC(=O)ON1C(=O)CCC1=O. The Morgan fingerprint density at radius 3 is 1.96 bits per heavy atom. The van der Waals surface area contributed by atoms with E-state index in [0.717, 1.165) is 0 Å². The van der Waals surface area contributed by atoms with Crippen molar-refractivity contribution in [2.24, 2.45) is 0 Å². The molecule has 2 amide bonds. The molecule has 7 nitrogen and oxygen atoms in total. The number of carbonyl (C=O) groups is 3. The summed E-state index contributed by atoms with van der Waals surface area (Å²) in [6.45, 7) is 13.9. The summed E-state index contributed by atoms with van der Waals surface area (Å²) >= 11 is 0. The standard InChI is InChI=1S/C18H31NO6/c1-16(2,3)25-17(4,5)10-11-23-18(6,7)12-15(22)24-19-13(20)8-9-14(19)21/h8-12H2,1-7H3. The monoisotopic (exact) mass is 357 g/mol. The van der Waals surface area contributed by atoms with Crippen molar-refractivity contribution in [3.05, 3.63) is 0 Å². The number of carbonyl (C=O) groups excluding carboxylic acids is 3. The molecule has 0 unspecified atom stereocenters. The topological polar surface area (TPSA) is 82.1 Å². The zero-order valence-corrected chi connectivity index (χ0v) is 16.4. The van der Waals surface area contributed by atoms with Crippen molar-refractivity contribution in [3.8, 4) is 0 Å². The fourth-order valence-corrected chi connectivity index (χ4v) is 2.64. The minimum absolute atomic E-state index is 0.0649. The Morgan fingerprint density at radius 1 is 0.960 bits per heavy atom. The Balaban J connectivity index is 2.43. The van der Waals surface area contributed by atoms with Crippen LogP contribution in [0.1, 0.15) is 74.1 Å². The molecule has 0 saturated carbocycles. The molecule has 1 rings (SSSR count). The van der Waals surface area contributed by atoms with E-state index in [-0.39, 0.29) is 30.5 Å². The maximum Gasteiger partial charge on any atom is 0.336 e. The van der Waals surface area contributed by atoms with Gasteiger partial charge in [0.15, 0.2) is 0 Å². The minimum Gasteiger partial charge on any atom is -0.375 e. The fraction of sp³-hybridized carbons (Fsp3) is 0.833. The highest BCUT2D eigenvalue weighted by atomic mass is 16.7. The van der Waals surface area contributed by atoms with E-state index >= 15 is 0 Å². The maximum absolute atomic E-state index is 12.0. The van der Waals surface area contributed by atoms with Crippen LogP contribution in [0.5, 0.6) is 0 Å². The lowest BCUT2D eigenvalue weighted by Crippen LogP contribution is -2.38. The van der Waals surface area contributed by atoms with Gasteiger partial charge >= 0.3 is 5.97 Å². The van der Waals surface area contributed by atoms with Gasteiger partial charge in [0.1, 0.15) is 0 Å². The number of nitrogens with zero attached hydrogens (tertiary/aromatic N) is 1. The summed E-state index contributed by atoms with van der Waals surface area (Å²) in [5, 5.41) is 0.554. The van der Waals surface area contributed by atoms with E-state index in [4.69, 9.17) is 14.3 Å². The molecule has 0 aromatic rings. The minimum atomic E-state index is -0.777. The molecule has 0 atom stereocenters. The first kappa shape index (κ1) is 21.6. The van der Waals surface area contributed by atoms with Crippen LogP contribution in [-0.2, 0) is 28.7 Å². The average Bonchev–Trinajstić information content (AvgIpc) is 2.66. The van der Waals surface area contributed by atoms with Gasteiger partial charge in [-0.2, -0.15) is 0 Å². The van der Waals surface area contributed by atoms with Crippen molar-refractivity contribution in [1.29, 1.82) is 0 Å². The predicted molar refractivity (Wildman–Crippen MR) is 91.4 cm³/mol. The molecule has 1 aliphatic heterocycles. The third-order valence-corrected chi connectivity index (χ3v) is 3.55. The van der Waals surface area contributed by atoms with Crippen LogP contribution in [0.15, 0.2) is 0 Å². The lowest BCUT2D eigenvalue weighted by molar-refractivity contribution is -0.201. The number of hydroxylamine groups is 2. The van der Waals surface area contributed by atoms with Crippen LogP contribution in [0, 0.1) is 0 Å². The lowest BCUT2D eigenvalue weighted by atomic mass is 10.0. The van der Waals surface area contributed by atoms with E-state index in [1.54, 1.807) is 13.8 Å². The summed E-state index contributed by atoms with van der Waals surface area (Å²) in [6.07, 6.45) is 0.750. The number of amides is 2. The third kappa shape index (κ3) is 7.96. The normalized spacial score (nSPS) is 16.5. The van der Waals surface area contributed by atoms with Gasteiger partial charge in [-0.05, 0) is 54.9 Å². The zero-order valence-electron chi connectivity index (χ0n) is 16.4. The Bertz CT molecular complexity index is 502. The van der Waals surface area contributed by atoms with Crippen molar-refractivity contribution < 1.29 is 28.7 Å². The fourth-order valence-electron chi connectivity index (χ4n) is 2.64. The summed E-state index contributed by atoms with van der Waals surface area (Å²) in [5.41, 5.74) is -1.39. The van der Waals surface area contributed by atoms with Crippen LogP contribution in [-0.4, -0.2) is 46.3 Å². The second-order valence-electron chi connectivity index (χ2n) is 8.55. The first-order valence-electron chi connectivity index (χ1n) is 8.62. The smallest absolute Gasteiger partial charge is 0.336 e. The molecular weight excluding hydrogens is 326 g/mol. The van der Waals surface area contributed by atoms with E-state index in [9.17, 15) is 14.4 Å². The lowest BCUT2D eigenvalue weighted by Gasteiger charge is -2.35. The molecule has 144 valence electrons. The Kier molecular flexibility index (Phi) is 6.75. The van der Waals surface area contributed by atoms with Gasteiger partial charge in [-0.15, -0.1) is 5.06 Å². The molecule has 0 bridgehead atoms. The molecule has 1 fully saturated rings. The van der Waals surface area contributed by atoms with Gasteiger partial charge in [0.2, 0.25) is 0 Å². The van der Waals surface area contributed by atoms with Gasteiger partial charge < -0.3 is 14.3 Å². The summed E-state index contributed by atoms with van der Waals surface area (Å²) in [6, 6.07) is 0. The summed E-state index contributed by atoms with van der Waals surface area (Å²) in [7, 11) is 0. The molecule has 0 spiro atoms. The first-order chi connectivity index (χ1) is 11.2. The number of rotatable bonds is 8. The highest BCUT2D eigenvalue weighted by molar-refractivity contribution is 6.01. The molecule has 0 aliphatic carbocycles. The van der Waals surface area contributed by atoms with Crippen LogP contribution in [0.3, 0.4) is 0 Å². The average molecular weight is 357 g/mol. The van der Waals surface area contributed by atoms with Gasteiger partial charge in [0, 0.05) is 12.8 Å². The number of hydrogen-bond acceptors (Lipinski definition) is 6. The number of imide groups is 1. The summed E-state index contributed by atoms with van der Waals surface area (Å²) in [4.78, 5) is 39.8. The third-order valence-electron chi connectivity index (χ3n) is 3.55.